The van der Waals surface area contributed by atoms with Gasteiger partial charge in [0.1, 0.15) is 0 Å². The molecular weight excluding hydrogens is 701 g/mol. The third-order valence-electron chi connectivity index (χ3n) is 13.7. The first-order chi connectivity index (χ1) is 28.7. The Hall–Kier alpha value is -6.64. The number of anilines is 3. The Bertz CT molecular complexity index is 2840. The molecule has 0 radical (unpaired) electrons. The summed E-state index contributed by atoms with van der Waals surface area (Å²) >= 11 is 0. The molecule has 0 saturated heterocycles. The fourth-order valence-electron chi connectivity index (χ4n) is 11.1. The lowest BCUT2D eigenvalue weighted by atomic mass is 9.69. The smallest absolute Gasteiger partial charge is 0.0547 e. The molecule has 0 aliphatic heterocycles. The molecule has 2 nitrogen and oxygen atoms in total. The van der Waals surface area contributed by atoms with Gasteiger partial charge in [-0.1, -0.05) is 127 Å². The van der Waals surface area contributed by atoms with Crippen molar-refractivity contribution >= 4 is 38.9 Å². The van der Waals surface area contributed by atoms with Gasteiger partial charge in [0.25, 0.3) is 0 Å². The van der Waals surface area contributed by atoms with Gasteiger partial charge in [-0.05, 0) is 161 Å². The maximum atomic E-state index is 2.62. The average molecular weight is 745 g/mol. The van der Waals surface area contributed by atoms with E-state index in [-0.39, 0.29) is 0 Å². The Morgan fingerprint density at radius 3 is 1.47 bits per heavy atom. The van der Waals surface area contributed by atoms with Gasteiger partial charge >= 0.3 is 0 Å². The summed E-state index contributed by atoms with van der Waals surface area (Å²) in [6, 6.07) is 71.6. The zero-order valence-electron chi connectivity index (χ0n) is 32.5. The molecule has 12 rings (SSSR count). The van der Waals surface area contributed by atoms with E-state index in [1.807, 2.05) is 0 Å². The summed E-state index contributed by atoms with van der Waals surface area (Å²) < 4.78 is 2.53. The van der Waals surface area contributed by atoms with Crippen molar-refractivity contribution < 1.29 is 0 Å². The van der Waals surface area contributed by atoms with E-state index in [9.17, 15) is 0 Å². The van der Waals surface area contributed by atoms with Gasteiger partial charge in [0.2, 0.25) is 0 Å². The minimum Gasteiger partial charge on any atom is -0.311 e. The van der Waals surface area contributed by atoms with E-state index in [4.69, 9.17) is 0 Å². The molecule has 9 aromatic rings. The molecule has 3 aliphatic carbocycles. The Balaban J connectivity index is 0.946. The summed E-state index contributed by atoms with van der Waals surface area (Å²) in [6.07, 6.45) is 5.62. The molecule has 0 N–H and O–H groups in total. The van der Waals surface area contributed by atoms with Crippen LogP contribution in [-0.4, -0.2) is 4.57 Å². The maximum absolute atomic E-state index is 2.62. The predicted octanol–water partition coefficient (Wildman–Crippen LogP) is 15.3. The molecule has 0 amide bonds. The van der Waals surface area contributed by atoms with Crippen molar-refractivity contribution in [1.29, 1.82) is 0 Å². The van der Waals surface area contributed by atoms with Gasteiger partial charge in [-0.15, -0.1) is 0 Å². The zero-order valence-corrected chi connectivity index (χ0v) is 32.5. The van der Waals surface area contributed by atoms with Gasteiger partial charge in [0, 0.05) is 33.5 Å². The van der Waals surface area contributed by atoms with Crippen molar-refractivity contribution in [2.24, 2.45) is 11.8 Å². The molecule has 3 aliphatic rings. The Kier molecular flexibility index (Phi) is 7.79. The van der Waals surface area contributed by atoms with Crippen molar-refractivity contribution in [2.45, 2.75) is 37.5 Å². The van der Waals surface area contributed by atoms with Gasteiger partial charge < -0.3 is 9.47 Å². The normalized spacial score (nSPS) is 19.1. The maximum Gasteiger partial charge on any atom is 0.0547 e. The Morgan fingerprint density at radius 2 is 0.879 bits per heavy atom. The molecule has 2 heteroatoms. The molecule has 8 aromatic carbocycles. The van der Waals surface area contributed by atoms with E-state index in [2.05, 4.69) is 204 Å². The summed E-state index contributed by atoms with van der Waals surface area (Å²) in [6.45, 7) is 0. The number of fused-ring (bicyclic) bond motifs is 8. The van der Waals surface area contributed by atoms with Crippen molar-refractivity contribution in [3.63, 3.8) is 0 Å². The van der Waals surface area contributed by atoms with Crippen LogP contribution < -0.4 is 4.90 Å². The molecule has 0 spiro atoms. The number of rotatable bonds is 7. The van der Waals surface area contributed by atoms with Crippen LogP contribution in [0.25, 0.3) is 60.9 Å². The van der Waals surface area contributed by atoms with E-state index in [1.165, 1.54) is 86.6 Å². The molecule has 278 valence electrons. The molecule has 1 heterocycles. The number of aromatic nitrogens is 1. The fraction of sp³-hybridized carbons (Fsp3) is 0.143. The second-order valence-electron chi connectivity index (χ2n) is 17.0. The van der Waals surface area contributed by atoms with Crippen LogP contribution in [0.4, 0.5) is 17.1 Å². The topological polar surface area (TPSA) is 8.17 Å². The van der Waals surface area contributed by atoms with Crippen LogP contribution in [0.15, 0.2) is 194 Å². The third-order valence-corrected chi connectivity index (χ3v) is 13.7. The first-order valence-electron chi connectivity index (χ1n) is 21.1. The number of benzene rings is 8. The quantitative estimate of drug-likeness (QED) is 0.158. The summed E-state index contributed by atoms with van der Waals surface area (Å²) in [7, 11) is 0. The van der Waals surface area contributed by atoms with Crippen molar-refractivity contribution in [3.8, 4) is 39.1 Å². The average Bonchev–Trinajstić information content (AvgIpc) is 3.74. The summed E-state index contributed by atoms with van der Waals surface area (Å²) in [5.41, 5.74) is 17.8. The molecule has 4 atom stereocenters. The van der Waals surface area contributed by atoms with Crippen LogP contribution in [0.1, 0.15) is 48.6 Å². The lowest BCUT2D eigenvalue weighted by molar-refractivity contribution is 0.297. The van der Waals surface area contributed by atoms with Crippen molar-refractivity contribution in [1.82, 2.24) is 4.57 Å². The molecular formula is C56H44N2. The first kappa shape index (κ1) is 33.5. The largest absolute Gasteiger partial charge is 0.311 e. The van der Waals surface area contributed by atoms with Crippen LogP contribution in [0.2, 0.25) is 0 Å². The van der Waals surface area contributed by atoms with E-state index < -0.39 is 0 Å². The highest BCUT2D eigenvalue weighted by atomic mass is 15.1. The number of hydrogen-bond donors (Lipinski definition) is 0. The number of hydrogen-bond acceptors (Lipinski definition) is 1. The van der Waals surface area contributed by atoms with E-state index in [0.29, 0.717) is 0 Å². The van der Waals surface area contributed by atoms with Gasteiger partial charge in [-0.3, -0.25) is 0 Å². The Morgan fingerprint density at radius 1 is 0.379 bits per heavy atom. The minimum absolute atomic E-state index is 0.723. The van der Waals surface area contributed by atoms with Crippen molar-refractivity contribution in [3.05, 3.63) is 205 Å². The van der Waals surface area contributed by atoms with E-state index in [1.54, 1.807) is 11.1 Å². The van der Waals surface area contributed by atoms with Gasteiger partial charge in [0.05, 0.1) is 11.0 Å². The minimum atomic E-state index is 0.723. The predicted molar refractivity (Wildman–Crippen MR) is 243 cm³/mol. The number of nitrogens with zero attached hydrogens (tertiary/aromatic N) is 2. The highest BCUT2D eigenvalue weighted by molar-refractivity contribution is 6.11. The Labute approximate surface area is 340 Å². The second kappa shape index (κ2) is 13.5. The van der Waals surface area contributed by atoms with Crippen LogP contribution in [0, 0.1) is 11.8 Å². The third kappa shape index (κ3) is 5.54. The fourth-order valence-corrected chi connectivity index (χ4v) is 11.1. The molecule has 1 aromatic heterocycles. The van der Waals surface area contributed by atoms with Gasteiger partial charge in [-0.25, -0.2) is 0 Å². The molecule has 4 unspecified atom stereocenters. The first-order valence-corrected chi connectivity index (χ1v) is 21.1. The van der Waals surface area contributed by atoms with Crippen molar-refractivity contribution in [2.75, 3.05) is 4.90 Å². The lowest BCUT2D eigenvalue weighted by Crippen LogP contribution is -2.22. The summed E-state index contributed by atoms with van der Waals surface area (Å²) in [5.74, 6) is 3.29. The summed E-state index contributed by atoms with van der Waals surface area (Å²) in [4.78, 5) is 2.37. The van der Waals surface area contributed by atoms with Gasteiger partial charge in [0.15, 0.2) is 0 Å². The molecule has 2 saturated carbocycles. The summed E-state index contributed by atoms with van der Waals surface area (Å²) in [5, 5.41) is 2.75. The molecule has 2 fully saturated rings. The lowest BCUT2D eigenvalue weighted by Gasteiger charge is -2.36. The van der Waals surface area contributed by atoms with Gasteiger partial charge in [-0.2, -0.15) is 0 Å². The highest BCUT2D eigenvalue weighted by Gasteiger charge is 2.47. The number of para-hydroxylation sites is 1. The highest BCUT2D eigenvalue weighted by Crippen LogP contribution is 2.61. The SMILES string of the molecule is c1ccc(-c2ccc(N(c3ccc(-c4ccccc4)cc3)c3ccc(-c4ccc5c6cc7c(cc6n(-c6ccccc6)c5c4)C4CC5CC(C4)C7C5)cc3)cc2)cc1. The molecule has 3 bridgehead atoms. The van der Waals surface area contributed by atoms with Crippen LogP contribution in [-0.2, 0) is 0 Å². The van der Waals surface area contributed by atoms with Crippen LogP contribution in [0.3, 0.4) is 0 Å². The monoisotopic (exact) mass is 744 g/mol. The zero-order chi connectivity index (χ0) is 38.2. The van der Waals surface area contributed by atoms with E-state index >= 15 is 0 Å². The van der Waals surface area contributed by atoms with Crippen LogP contribution >= 0.6 is 0 Å². The van der Waals surface area contributed by atoms with E-state index in [0.717, 1.165) is 40.7 Å². The molecule has 58 heavy (non-hydrogen) atoms. The standard InChI is InChI=1S/C56H44N2/c1-4-10-38(11-5-1)40-16-23-47(24-17-40)57(48-25-18-41(19-26-48)39-12-6-2-7-13-39)49-27-20-42(21-28-49)43-22-29-50-54-35-53-51-32-37-30-44(51)33-45(31-37)52(53)36-56(54)58(55(50)34-43)46-14-8-3-9-15-46/h1-29,34-37,44-45,51H,30-33H2. The second-order valence-corrected chi connectivity index (χ2v) is 17.0. The van der Waals surface area contributed by atoms with Crippen LogP contribution in [0.5, 0.6) is 0 Å².